The second-order valence-electron chi connectivity index (χ2n) is 6.34. The van der Waals surface area contributed by atoms with E-state index in [1.54, 1.807) is 0 Å². The Morgan fingerprint density at radius 1 is 1.26 bits per heavy atom. The van der Waals surface area contributed by atoms with E-state index in [0.29, 0.717) is 0 Å². The van der Waals surface area contributed by atoms with Crippen LogP contribution in [-0.4, -0.2) is 59.0 Å². The van der Waals surface area contributed by atoms with Crippen molar-refractivity contribution in [1.82, 2.24) is 10.2 Å². The Hall–Kier alpha value is -2.17. The Balaban J connectivity index is 2.38. The highest BCUT2D eigenvalue weighted by molar-refractivity contribution is 5.74. The number of carbonyl (C=O) groups is 2. The summed E-state index contributed by atoms with van der Waals surface area (Å²) in [6, 6.07) is 4.89. The zero-order valence-corrected chi connectivity index (χ0v) is 14.7. The molecule has 1 aromatic carbocycles. The molecule has 1 amide bonds. The Labute approximate surface area is 153 Å². The van der Waals surface area contributed by atoms with Gasteiger partial charge in [0.15, 0.2) is 0 Å². The van der Waals surface area contributed by atoms with Gasteiger partial charge in [-0.2, -0.15) is 13.2 Å². The summed E-state index contributed by atoms with van der Waals surface area (Å²) in [4.78, 5) is 24.7. The molecular formula is C17H21F3N2O5. The van der Waals surface area contributed by atoms with Gasteiger partial charge in [0.05, 0.1) is 24.7 Å². The van der Waals surface area contributed by atoms with Crippen molar-refractivity contribution in [3.8, 4) is 0 Å². The lowest BCUT2D eigenvalue weighted by molar-refractivity contribution is -0.169. The van der Waals surface area contributed by atoms with E-state index in [0.717, 1.165) is 13.2 Å². The minimum absolute atomic E-state index is 0.0902. The molecule has 1 aliphatic rings. The van der Waals surface area contributed by atoms with Crippen molar-refractivity contribution >= 4 is 11.9 Å². The maximum Gasteiger partial charge on any atom is 0.416 e. The van der Waals surface area contributed by atoms with Crippen LogP contribution in [0.5, 0.6) is 0 Å². The van der Waals surface area contributed by atoms with Gasteiger partial charge in [-0.3, -0.25) is 14.5 Å². The predicted octanol–water partition coefficient (Wildman–Crippen LogP) is 0.494. The zero-order valence-electron chi connectivity index (χ0n) is 14.7. The minimum atomic E-state index is -4.59. The summed E-state index contributed by atoms with van der Waals surface area (Å²) in [5.41, 5.74) is -0.950. The molecule has 150 valence electrons. The number of likely N-dealkylation sites (tertiary alicyclic amines) is 1. The number of nitrogens with zero attached hydrogens (tertiary/aromatic N) is 1. The van der Waals surface area contributed by atoms with Crippen LogP contribution in [-0.2, 0) is 27.0 Å². The molecule has 0 spiro atoms. The number of ether oxygens (including phenoxy) is 1. The number of piperidine rings is 1. The Morgan fingerprint density at radius 2 is 1.89 bits per heavy atom. The summed E-state index contributed by atoms with van der Waals surface area (Å²) in [6.07, 6.45) is -8.89. The van der Waals surface area contributed by atoms with E-state index in [9.17, 15) is 33.0 Å². The molecule has 0 saturated carbocycles. The van der Waals surface area contributed by atoms with Crippen molar-refractivity contribution in [2.75, 3.05) is 13.7 Å². The highest BCUT2D eigenvalue weighted by atomic mass is 19.4. The number of hydrogen-bond acceptors (Lipinski definition) is 6. The second kappa shape index (κ2) is 8.24. The fraction of sp³-hybridized carbons (Fsp3) is 0.529. The van der Waals surface area contributed by atoms with E-state index in [4.69, 9.17) is 0 Å². The van der Waals surface area contributed by atoms with E-state index < -0.39 is 47.9 Å². The van der Waals surface area contributed by atoms with Crippen LogP contribution in [0, 0.1) is 5.92 Å². The summed E-state index contributed by atoms with van der Waals surface area (Å²) in [7, 11) is 1.10. The van der Waals surface area contributed by atoms with Crippen LogP contribution < -0.4 is 5.32 Å². The molecule has 1 heterocycles. The van der Waals surface area contributed by atoms with Gasteiger partial charge in [-0.1, -0.05) is 18.2 Å². The van der Waals surface area contributed by atoms with Gasteiger partial charge in [-0.25, -0.2) is 0 Å². The molecule has 7 nitrogen and oxygen atoms in total. The van der Waals surface area contributed by atoms with Gasteiger partial charge in [0.2, 0.25) is 5.91 Å². The molecule has 10 heteroatoms. The first kappa shape index (κ1) is 21.1. The zero-order chi connectivity index (χ0) is 20.4. The summed E-state index contributed by atoms with van der Waals surface area (Å²) in [6.45, 7) is 0.660. The van der Waals surface area contributed by atoms with Gasteiger partial charge in [0.1, 0.15) is 12.3 Å². The average molecular weight is 390 g/mol. The number of rotatable bonds is 4. The van der Waals surface area contributed by atoms with Crippen LogP contribution in [0.15, 0.2) is 24.3 Å². The summed E-state index contributed by atoms with van der Waals surface area (Å²) in [5, 5.41) is 22.9. The van der Waals surface area contributed by atoms with E-state index in [1.807, 2.05) is 0 Å². The summed E-state index contributed by atoms with van der Waals surface area (Å²) < 4.78 is 44.4. The van der Waals surface area contributed by atoms with Crippen LogP contribution >= 0.6 is 0 Å². The van der Waals surface area contributed by atoms with Crippen molar-refractivity contribution < 1.29 is 37.7 Å². The first-order valence-electron chi connectivity index (χ1n) is 8.16. The molecular weight excluding hydrogens is 369 g/mol. The molecule has 0 aliphatic carbocycles. The summed E-state index contributed by atoms with van der Waals surface area (Å²) >= 11 is 0. The highest BCUT2D eigenvalue weighted by Crippen LogP contribution is 2.33. The number of amides is 1. The maximum atomic E-state index is 13.3. The smallest absolute Gasteiger partial charge is 0.416 e. The number of esters is 1. The number of carbonyl (C=O) groups excluding carboxylic acids is 2. The lowest BCUT2D eigenvalue weighted by Gasteiger charge is -2.44. The van der Waals surface area contributed by atoms with Crippen molar-refractivity contribution in [2.45, 2.75) is 38.0 Å². The SMILES string of the molecule is COC(=O)[C@H]1CN(Cc2ccccc2C(F)(F)F)[C@H](NC(C)=O)[C@@H](O)[C@H]1O. The van der Waals surface area contributed by atoms with Gasteiger partial charge in [0.25, 0.3) is 0 Å². The minimum Gasteiger partial charge on any atom is -0.469 e. The number of hydrogen-bond donors (Lipinski definition) is 3. The monoisotopic (exact) mass is 390 g/mol. The lowest BCUT2D eigenvalue weighted by atomic mass is 9.89. The quantitative estimate of drug-likeness (QED) is 0.648. The fourth-order valence-electron chi connectivity index (χ4n) is 3.18. The van der Waals surface area contributed by atoms with Crippen LogP contribution in [0.4, 0.5) is 13.2 Å². The molecule has 1 saturated heterocycles. The average Bonchev–Trinajstić information content (AvgIpc) is 2.59. The number of aliphatic hydroxyl groups is 2. The third kappa shape index (κ3) is 4.76. The molecule has 4 atom stereocenters. The number of halogens is 3. The first-order chi connectivity index (χ1) is 12.6. The number of aliphatic hydroxyl groups excluding tert-OH is 2. The molecule has 3 N–H and O–H groups in total. The van der Waals surface area contributed by atoms with Gasteiger partial charge >= 0.3 is 12.1 Å². The third-order valence-corrected chi connectivity index (χ3v) is 4.46. The Morgan fingerprint density at radius 3 is 2.44 bits per heavy atom. The van der Waals surface area contributed by atoms with Crippen molar-refractivity contribution in [3.63, 3.8) is 0 Å². The van der Waals surface area contributed by atoms with E-state index >= 15 is 0 Å². The van der Waals surface area contributed by atoms with Crippen molar-refractivity contribution in [2.24, 2.45) is 5.92 Å². The number of methoxy groups -OCH3 is 1. The lowest BCUT2D eigenvalue weighted by Crippen LogP contribution is -2.65. The van der Waals surface area contributed by atoms with Crippen LogP contribution in [0.1, 0.15) is 18.1 Å². The molecule has 1 aromatic rings. The third-order valence-electron chi connectivity index (χ3n) is 4.46. The van der Waals surface area contributed by atoms with Crippen molar-refractivity contribution in [1.29, 1.82) is 0 Å². The molecule has 0 aromatic heterocycles. The molecule has 2 rings (SSSR count). The number of benzene rings is 1. The van der Waals surface area contributed by atoms with Crippen LogP contribution in [0.25, 0.3) is 0 Å². The maximum absolute atomic E-state index is 13.3. The fourth-order valence-corrected chi connectivity index (χ4v) is 3.18. The first-order valence-corrected chi connectivity index (χ1v) is 8.16. The highest BCUT2D eigenvalue weighted by Gasteiger charge is 2.46. The Kier molecular flexibility index (Phi) is 6.45. The molecule has 0 radical (unpaired) electrons. The van der Waals surface area contributed by atoms with E-state index in [1.165, 1.54) is 30.0 Å². The van der Waals surface area contributed by atoms with Gasteiger partial charge in [0, 0.05) is 20.0 Å². The number of nitrogens with one attached hydrogen (secondary N) is 1. The predicted molar refractivity (Wildman–Crippen MR) is 87.0 cm³/mol. The number of alkyl halides is 3. The van der Waals surface area contributed by atoms with Gasteiger partial charge in [-0.15, -0.1) is 0 Å². The molecule has 1 fully saturated rings. The van der Waals surface area contributed by atoms with E-state index in [2.05, 4.69) is 10.1 Å². The van der Waals surface area contributed by atoms with Crippen molar-refractivity contribution in [3.05, 3.63) is 35.4 Å². The topological polar surface area (TPSA) is 99.1 Å². The van der Waals surface area contributed by atoms with Crippen LogP contribution in [0.2, 0.25) is 0 Å². The summed E-state index contributed by atoms with van der Waals surface area (Å²) in [5.74, 6) is -2.53. The van der Waals surface area contributed by atoms with Gasteiger partial charge < -0.3 is 20.3 Å². The molecule has 1 aliphatic heterocycles. The second-order valence-corrected chi connectivity index (χ2v) is 6.34. The van der Waals surface area contributed by atoms with E-state index in [-0.39, 0.29) is 18.7 Å². The normalized spacial score (nSPS) is 26.5. The van der Waals surface area contributed by atoms with Gasteiger partial charge in [-0.05, 0) is 11.6 Å². The molecule has 0 bridgehead atoms. The van der Waals surface area contributed by atoms with Crippen LogP contribution in [0.3, 0.4) is 0 Å². The Bertz CT molecular complexity index is 697. The largest absolute Gasteiger partial charge is 0.469 e. The molecule has 0 unspecified atom stereocenters. The molecule has 27 heavy (non-hydrogen) atoms. The standard InChI is InChI=1S/C17H21F3N2O5/c1-9(23)21-15-14(25)13(24)11(16(26)27-2)8-22(15)7-10-5-3-4-6-12(10)17(18,19)20/h3-6,11,13-15,24-25H,7-8H2,1-2H3,(H,21,23)/t11-,13-,14-,15-/m0/s1.